The van der Waals surface area contributed by atoms with Gasteiger partial charge in [0.2, 0.25) is 0 Å². The van der Waals surface area contributed by atoms with Gasteiger partial charge in [-0.1, -0.05) is 5.21 Å². The second kappa shape index (κ2) is 5.68. The fourth-order valence-electron chi connectivity index (χ4n) is 1.32. The molecule has 7 nitrogen and oxygen atoms in total. The van der Waals surface area contributed by atoms with Crippen molar-refractivity contribution in [3.05, 3.63) is 11.9 Å². The van der Waals surface area contributed by atoms with Gasteiger partial charge in [-0.05, 0) is 20.8 Å². The van der Waals surface area contributed by atoms with Crippen LogP contribution in [0.15, 0.2) is 6.20 Å². The minimum absolute atomic E-state index is 0.0149. The number of aromatic nitrogens is 3. The number of rotatable bonds is 6. The molecule has 0 saturated carbocycles. The van der Waals surface area contributed by atoms with Gasteiger partial charge in [-0.15, -0.1) is 5.10 Å². The molecular formula is C11H19N3O4S. The first-order chi connectivity index (χ1) is 8.62. The topological polar surface area (TPSA) is 102 Å². The Bertz CT molecular complexity index is 543. The first kappa shape index (κ1) is 15.6. The van der Waals surface area contributed by atoms with E-state index in [1.807, 2.05) is 0 Å². The summed E-state index contributed by atoms with van der Waals surface area (Å²) in [5.74, 6) is -0.914. The average molecular weight is 289 g/mol. The van der Waals surface area contributed by atoms with Gasteiger partial charge in [-0.3, -0.25) is 9.48 Å². The number of carboxylic acids is 1. The third kappa shape index (κ3) is 4.62. The summed E-state index contributed by atoms with van der Waals surface area (Å²) in [4.78, 5) is 10.4. The molecule has 1 N–H and O–H groups in total. The average Bonchev–Trinajstić information content (AvgIpc) is 2.70. The van der Waals surface area contributed by atoms with E-state index in [1.54, 1.807) is 27.0 Å². The molecule has 0 amide bonds. The number of hydrogen-bond acceptors (Lipinski definition) is 5. The number of hydrogen-bond donors (Lipinski definition) is 1. The van der Waals surface area contributed by atoms with Crippen LogP contribution in [0.1, 0.15) is 32.9 Å². The van der Waals surface area contributed by atoms with Crippen molar-refractivity contribution in [3.8, 4) is 0 Å². The summed E-state index contributed by atoms with van der Waals surface area (Å²) in [5.41, 5.74) is 0.551. The molecule has 1 heterocycles. The molecule has 0 radical (unpaired) electrons. The Labute approximate surface area is 112 Å². The van der Waals surface area contributed by atoms with Gasteiger partial charge in [0.15, 0.2) is 9.84 Å². The molecule has 0 aliphatic rings. The lowest BCUT2D eigenvalue weighted by Crippen LogP contribution is -2.32. The van der Waals surface area contributed by atoms with E-state index >= 15 is 0 Å². The van der Waals surface area contributed by atoms with Crippen LogP contribution in [-0.2, 0) is 27.6 Å². The molecule has 0 unspecified atom stereocenters. The lowest BCUT2D eigenvalue weighted by molar-refractivity contribution is -0.136. The largest absolute Gasteiger partial charge is 0.481 e. The maximum absolute atomic E-state index is 11.9. The summed E-state index contributed by atoms with van der Waals surface area (Å²) in [6, 6.07) is 0. The monoisotopic (exact) mass is 289 g/mol. The number of sulfone groups is 1. The van der Waals surface area contributed by atoms with Crippen molar-refractivity contribution < 1.29 is 18.3 Å². The third-order valence-electron chi connectivity index (χ3n) is 2.70. The van der Waals surface area contributed by atoms with Gasteiger partial charge in [0.05, 0.1) is 29.2 Å². The molecule has 108 valence electrons. The maximum atomic E-state index is 11.9. The standard InChI is InChI=1S/C11H19N3O4S/c1-11(2,3)19(17,18)7-6-14-8-9(12-13-14)4-5-10(15)16/h8H,4-7H2,1-3H3,(H,15,16). The second-order valence-electron chi connectivity index (χ2n) is 5.30. The van der Waals surface area contributed by atoms with Crippen molar-refractivity contribution in [3.63, 3.8) is 0 Å². The number of aryl methyl sites for hydroxylation is 2. The summed E-state index contributed by atoms with van der Waals surface area (Å²) in [7, 11) is -3.20. The highest BCUT2D eigenvalue weighted by Crippen LogP contribution is 2.16. The fourth-order valence-corrected chi connectivity index (χ4v) is 2.36. The van der Waals surface area contributed by atoms with Gasteiger partial charge < -0.3 is 5.11 Å². The van der Waals surface area contributed by atoms with E-state index in [1.165, 1.54) is 4.68 Å². The van der Waals surface area contributed by atoms with E-state index in [9.17, 15) is 13.2 Å². The van der Waals surface area contributed by atoms with Gasteiger partial charge in [-0.25, -0.2) is 8.42 Å². The number of aliphatic carboxylic acids is 1. The molecule has 0 saturated heterocycles. The molecule has 8 heteroatoms. The first-order valence-electron chi connectivity index (χ1n) is 5.95. The molecule has 0 aliphatic heterocycles. The van der Waals surface area contributed by atoms with Crippen LogP contribution in [0.2, 0.25) is 0 Å². The molecule has 0 spiro atoms. The summed E-state index contributed by atoms with van der Waals surface area (Å²) < 4.78 is 24.5. The number of nitrogens with zero attached hydrogens (tertiary/aromatic N) is 3. The Morgan fingerprint density at radius 1 is 1.42 bits per heavy atom. The van der Waals surface area contributed by atoms with Gasteiger partial charge in [0.1, 0.15) is 0 Å². The van der Waals surface area contributed by atoms with Crippen molar-refractivity contribution in [1.29, 1.82) is 0 Å². The molecule has 0 fully saturated rings. The van der Waals surface area contributed by atoms with Crippen molar-refractivity contribution in [2.75, 3.05) is 5.75 Å². The Morgan fingerprint density at radius 2 is 2.05 bits per heavy atom. The van der Waals surface area contributed by atoms with Crippen LogP contribution < -0.4 is 0 Å². The normalized spacial score (nSPS) is 12.6. The fraction of sp³-hybridized carbons (Fsp3) is 0.727. The van der Waals surface area contributed by atoms with Gasteiger partial charge in [-0.2, -0.15) is 0 Å². The zero-order valence-electron chi connectivity index (χ0n) is 11.3. The summed E-state index contributed by atoms with van der Waals surface area (Å²) >= 11 is 0. The van der Waals surface area contributed by atoms with Crippen molar-refractivity contribution in [2.45, 2.75) is 44.9 Å². The molecule has 0 aliphatic carbocycles. The highest BCUT2D eigenvalue weighted by atomic mass is 32.2. The number of carbonyl (C=O) groups is 1. The zero-order valence-corrected chi connectivity index (χ0v) is 12.1. The van der Waals surface area contributed by atoms with Gasteiger partial charge >= 0.3 is 5.97 Å². The van der Waals surface area contributed by atoms with Crippen molar-refractivity contribution in [2.24, 2.45) is 0 Å². The Balaban J connectivity index is 2.58. The van der Waals surface area contributed by atoms with E-state index in [0.717, 1.165) is 0 Å². The highest BCUT2D eigenvalue weighted by Gasteiger charge is 2.28. The Kier molecular flexibility index (Phi) is 4.67. The van der Waals surface area contributed by atoms with E-state index < -0.39 is 20.6 Å². The van der Waals surface area contributed by atoms with Crippen LogP contribution in [0.3, 0.4) is 0 Å². The summed E-state index contributed by atoms with van der Waals surface area (Å²) in [6.07, 6.45) is 1.86. The molecular weight excluding hydrogens is 270 g/mol. The molecule has 0 atom stereocenters. The van der Waals surface area contributed by atoms with Crippen LogP contribution >= 0.6 is 0 Å². The minimum atomic E-state index is -3.20. The zero-order chi connectivity index (χ0) is 14.7. The van der Waals surface area contributed by atoms with Gasteiger partial charge in [0, 0.05) is 12.6 Å². The van der Waals surface area contributed by atoms with Crippen molar-refractivity contribution in [1.82, 2.24) is 15.0 Å². The molecule has 1 aromatic rings. The predicted octanol–water partition coefficient (Wildman–Crippen LogP) is 0.509. The SMILES string of the molecule is CC(C)(C)S(=O)(=O)CCn1cc(CCC(=O)O)nn1. The van der Waals surface area contributed by atoms with Crippen LogP contribution in [0.5, 0.6) is 0 Å². The maximum Gasteiger partial charge on any atom is 0.303 e. The van der Waals surface area contributed by atoms with Crippen LogP contribution in [0.4, 0.5) is 0 Å². The smallest absolute Gasteiger partial charge is 0.303 e. The summed E-state index contributed by atoms with van der Waals surface area (Å²) in [6.45, 7) is 5.19. The van der Waals surface area contributed by atoms with E-state index in [-0.39, 0.29) is 18.7 Å². The van der Waals surface area contributed by atoms with Crippen LogP contribution in [-0.4, -0.2) is 45.0 Å². The molecule has 1 rings (SSSR count). The Hall–Kier alpha value is -1.44. The lowest BCUT2D eigenvalue weighted by Gasteiger charge is -2.18. The Morgan fingerprint density at radius 3 is 2.58 bits per heavy atom. The molecule has 0 bridgehead atoms. The first-order valence-corrected chi connectivity index (χ1v) is 7.60. The summed E-state index contributed by atoms with van der Waals surface area (Å²) in [5, 5.41) is 16.1. The second-order valence-corrected chi connectivity index (χ2v) is 8.16. The molecule has 0 aromatic carbocycles. The van der Waals surface area contributed by atoms with E-state index in [4.69, 9.17) is 5.11 Å². The lowest BCUT2D eigenvalue weighted by atomic mass is 10.2. The van der Waals surface area contributed by atoms with Gasteiger partial charge in [0.25, 0.3) is 0 Å². The number of carboxylic acid groups (broad SMARTS) is 1. The van der Waals surface area contributed by atoms with Crippen molar-refractivity contribution >= 4 is 15.8 Å². The molecule has 19 heavy (non-hydrogen) atoms. The van der Waals surface area contributed by atoms with E-state index in [2.05, 4.69) is 10.3 Å². The van der Waals surface area contributed by atoms with E-state index in [0.29, 0.717) is 12.1 Å². The third-order valence-corrected chi connectivity index (χ3v) is 5.29. The van der Waals surface area contributed by atoms with Crippen LogP contribution in [0, 0.1) is 0 Å². The quantitative estimate of drug-likeness (QED) is 0.818. The predicted molar refractivity (Wildman–Crippen MR) is 69.5 cm³/mol. The van der Waals surface area contributed by atoms with Crippen LogP contribution in [0.25, 0.3) is 0 Å². The highest BCUT2D eigenvalue weighted by molar-refractivity contribution is 7.92. The molecule has 1 aromatic heterocycles. The minimum Gasteiger partial charge on any atom is -0.481 e.